The summed E-state index contributed by atoms with van der Waals surface area (Å²) in [5.74, 6) is -0.0453. The molecule has 1 aliphatic heterocycles. The number of fused-ring (bicyclic) bond motifs is 1. The summed E-state index contributed by atoms with van der Waals surface area (Å²) < 4.78 is 6.80. The number of anilines is 1. The van der Waals surface area contributed by atoms with Crippen LogP contribution in [0.25, 0.3) is 0 Å². The number of carbonyl (C=O) groups is 2. The summed E-state index contributed by atoms with van der Waals surface area (Å²) in [6.45, 7) is 1.41. The molecule has 0 saturated carbocycles. The molecule has 1 amide bonds. The third kappa shape index (κ3) is 4.30. The highest BCUT2D eigenvalue weighted by Gasteiger charge is 2.52. The Labute approximate surface area is 211 Å². The molecule has 1 atom stereocenters. The Morgan fingerprint density at radius 3 is 2.17 bits per heavy atom. The number of amides is 1. The van der Waals surface area contributed by atoms with E-state index in [1.54, 1.807) is 12.1 Å². The number of rotatable bonds is 9. The quantitative estimate of drug-likeness (QED) is 0.299. The van der Waals surface area contributed by atoms with Crippen LogP contribution in [0.2, 0.25) is 0 Å². The summed E-state index contributed by atoms with van der Waals surface area (Å²) >= 11 is 0. The molecule has 1 heterocycles. The van der Waals surface area contributed by atoms with Gasteiger partial charge >= 0.3 is 0 Å². The zero-order valence-corrected chi connectivity index (χ0v) is 20.2. The topological polar surface area (TPSA) is 49.9 Å². The van der Waals surface area contributed by atoms with Gasteiger partial charge in [-0.1, -0.05) is 78.9 Å². The number of aldehydes is 1. The minimum atomic E-state index is -1.05. The van der Waals surface area contributed by atoms with E-state index >= 15 is 0 Å². The second-order valence-corrected chi connectivity index (χ2v) is 8.91. The Balaban J connectivity index is 1.50. The average Bonchev–Trinajstić information content (AvgIpc) is 3.18. The fourth-order valence-electron chi connectivity index (χ4n) is 4.83. The molecule has 0 radical (unpaired) electrons. The predicted octanol–water partition coefficient (Wildman–Crippen LogP) is 5.51. The Morgan fingerprint density at radius 2 is 1.47 bits per heavy atom. The molecule has 180 valence electrons. The van der Waals surface area contributed by atoms with E-state index in [0.29, 0.717) is 30.8 Å². The molecule has 0 N–H and O–H groups in total. The van der Waals surface area contributed by atoms with Gasteiger partial charge in [0.15, 0.2) is 5.72 Å². The molecular weight excluding hydrogens is 448 g/mol. The molecule has 0 fully saturated rings. The molecule has 5 nitrogen and oxygen atoms in total. The summed E-state index contributed by atoms with van der Waals surface area (Å²) in [5, 5.41) is 0. The Morgan fingerprint density at radius 1 is 0.833 bits per heavy atom. The van der Waals surface area contributed by atoms with Crippen molar-refractivity contribution in [3.05, 3.63) is 137 Å². The van der Waals surface area contributed by atoms with E-state index < -0.39 is 5.72 Å². The van der Waals surface area contributed by atoms with Gasteiger partial charge in [0.2, 0.25) is 0 Å². The van der Waals surface area contributed by atoms with Crippen LogP contribution in [0, 0.1) is 0 Å². The first kappa shape index (κ1) is 23.5. The molecule has 1 unspecified atom stereocenters. The third-order valence-electron chi connectivity index (χ3n) is 6.70. The third-order valence-corrected chi connectivity index (χ3v) is 6.70. The lowest BCUT2D eigenvalue weighted by molar-refractivity contribution is -0.109. The van der Waals surface area contributed by atoms with Crippen molar-refractivity contribution in [1.82, 2.24) is 4.90 Å². The number of ether oxygens (including phenoxy) is 1. The van der Waals surface area contributed by atoms with Crippen molar-refractivity contribution in [3.63, 3.8) is 0 Å². The van der Waals surface area contributed by atoms with Crippen LogP contribution in [0.15, 0.2) is 109 Å². The van der Waals surface area contributed by atoms with E-state index in [1.165, 1.54) is 0 Å². The number of carbonyl (C=O) groups excluding carboxylic acids is 2. The maximum atomic E-state index is 13.8. The molecular formula is C31H28N2O3. The molecule has 0 bridgehead atoms. The highest BCUT2D eigenvalue weighted by molar-refractivity contribution is 6.00. The zero-order chi connectivity index (χ0) is 25.0. The monoisotopic (exact) mass is 476 g/mol. The Kier molecular flexibility index (Phi) is 6.65. The minimum absolute atomic E-state index is 0.0453. The summed E-state index contributed by atoms with van der Waals surface area (Å²) in [6, 6.07) is 35.2. The van der Waals surface area contributed by atoms with E-state index in [-0.39, 0.29) is 5.91 Å². The minimum Gasteiger partial charge on any atom is -0.372 e. The first-order valence-corrected chi connectivity index (χ1v) is 12.0. The summed E-state index contributed by atoms with van der Waals surface area (Å²) in [5.41, 5.74) is 4.05. The summed E-state index contributed by atoms with van der Waals surface area (Å²) in [6.07, 6.45) is 0.840. The normalized spacial score (nSPS) is 16.6. The summed E-state index contributed by atoms with van der Waals surface area (Å²) in [7, 11) is 1.99. The van der Waals surface area contributed by atoms with E-state index in [1.807, 2.05) is 109 Å². The van der Waals surface area contributed by atoms with Gasteiger partial charge in [-0.2, -0.15) is 0 Å². The molecule has 0 spiro atoms. The standard InChI is InChI=1S/C31H28N2O3/c1-32(27-18-16-25(23-34)17-19-27)20-21-36-31(26-12-6-3-7-13-26)29-15-9-8-14-28(29)30(35)33(31)22-24-10-4-2-5-11-24/h2-19,23H,20-22H2,1H3. The molecule has 5 heteroatoms. The van der Waals surface area contributed by atoms with Gasteiger partial charge in [-0.3, -0.25) is 14.5 Å². The van der Waals surface area contributed by atoms with Crippen LogP contribution >= 0.6 is 0 Å². The fraction of sp³-hybridized carbons (Fsp3) is 0.161. The van der Waals surface area contributed by atoms with Crippen molar-refractivity contribution < 1.29 is 14.3 Å². The van der Waals surface area contributed by atoms with E-state index in [0.717, 1.165) is 28.7 Å². The van der Waals surface area contributed by atoms with E-state index in [9.17, 15) is 9.59 Å². The van der Waals surface area contributed by atoms with Crippen molar-refractivity contribution in [2.75, 3.05) is 25.1 Å². The lowest BCUT2D eigenvalue weighted by atomic mass is 9.93. The van der Waals surface area contributed by atoms with Crippen LogP contribution in [0.3, 0.4) is 0 Å². The first-order valence-electron chi connectivity index (χ1n) is 12.0. The SMILES string of the molecule is CN(CCOC1(c2ccccc2)c2ccccc2C(=O)N1Cc1ccccc1)c1ccc(C=O)cc1. The number of nitrogens with zero attached hydrogens (tertiary/aromatic N) is 2. The fourth-order valence-corrected chi connectivity index (χ4v) is 4.83. The molecule has 5 rings (SSSR count). The van der Waals surface area contributed by atoms with Crippen LogP contribution in [-0.4, -0.2) is 37.3 Å². The maximum Gasteiger partial charge on any atom is 0.257 e. The molecule has 4 aromatic rings. The lowest BCUT2D eigenvalue weighted by Gasteiger charge is -2.40. The van der Waals surface area contributed by atoms with E-state index in [2.05, 4.69) is 4.90 Å². The van der Waals surface area contributed by atoms with Crippen LogP contribution in [0.4, 0.5) is 5.69 Å². The van der Waals surface area contributed by atoms with Gasteiger partial charge < -0.3 is 9.64 Å². The van der Waals surface area contributed by atoms with Gasteiger partial charge in [-0.05, 0) is 35.9 Å². The van der Waals surface area contributed by atoms with Gasteiger partial charge in [0.05, 0.1) is 6.61 Å². The molecule has 0 aliphatic carbocycles. The number of hydrogen-bond donors (Lipinski definition) is 0. The van der Waals surface area contributed by atoms with Crippen LogP contribution in [0.5, 0.6) is 0 Å². The van der Waals surface area contributed by atoms with Crippen molar-refractivity contribution >= 4 is 17.9 Å². The molecule has 0 aromatic heterocycles. The molecule has 1 aliphatic rings. The number of hydrogen-bond acceptors (Lipinski definition) is 4. The van der Waals surface area contributed by atoms with Gasteiger partial charge in [0.1, 0.15) is 6.29 Å². The predicted molar refractivity (Wildman–Crippen MR) is 141 cm³/mol. The largest absolute Gasteiger partial charge is 0.372 e. The maximum absolute atomic E-state index is 13.8. The van der Waals surface area contributed by atoms with Gasteiger partial charge in [0, 0.05) is 48.1 Å². The number of benzene rings is 4. The molecule has 36 heavy (non-hydrogen) atoms. The highest BCUT2D eigenvalue weighted by atomic mass is 16.5. The molecule has 4 aromatic carbocycles. The van der Waals surface area contributed by atoms with Crippen LogP contribution in [-0.2, 0) is 17.0 Å². The lowest BCUT2D eigenvalue weighted by Crippen LogP contribution is -2.47. The highest BCUT2D eigenvalue weighted by Crippen LogP contribution is 2.46. The zero-order valence-electron chi connectivity index (χ0n) is 20.2. The first-order chi connectivity index (χ1) is 17.6. The van der Waals surface area contributed by atoms with Gasteiger partial charge in [-0.25, -0.2) is 0 Å². The second-order valence-electron chi connectivity index (χ2n) is 8.91. The van der Waals surface area contributed by atoms with Crippen molar-refractivity contribution in [2.24, 2.45) is 0 Å². The average molecular weight is 477 g/mol. The van der Waals surface area contributed by atoms with E-state index in [4.69, 9.17) is 4.74 Å². The number of likely N-dealkylation sites (N-methyl/N-ethyl adjacent to an activating group) is 1. The van der Waals surface area contributed by atoms with Crippen molar-refractivity contribution in [2.45, 2.75) is 12.3 Å². The van der Waals surface area contributed by atoms with Gasteiger partial charge in [0.25, 0.3) is 5.91 Å². The van der Waals surface area contributed by atoms with Crippen molar-refractivity contribution in [1.29, 1.82) is 0 Å². The Hall–Kier alpha value is -4.22. The molecule has 0 saturated heterocycles. The van der Waals surface area contributed by atoms with Crippen LogP contribution in [0.1, 0.15) is 37.4 Å². The van der Waals surface area contributed by atoms with Gasteiger partial charge in [-0.15, -0.1) is 0 Å². The second kappa shape index (κ2) is 10.2. The van der Waals surface area contributed by atoms with Crippen molar-refractivity contribution in [3.8, 4) is 0 Å². The van der Waals surface area contributed by atoms with Crippen LogP contribution < -0.4 is 4.90 Å². The summed E-state index contributed by atoms with van der Waals surface area (Å²) in [4.78, 5) is 28.7. The Bertz CT molecular complexity index is 1340. The smallest absolute Gasteiger partial charge is 0.257 e.